The standard InChI is InChI=1S/C21H20ClF3N4O2/c1-29-19(16(22)9-27-29)13-8-18(31-11-13)20(30)28-17-10-26-7-6-15(17)12-2-4-14(5-3-12)21(23,24)25/h2-5,8-9,11,15,17,26H,6-7,10H2,1H3,(H,28,30)/t15-,17+/m1/s1. The number of hydrogen-bond donors (Lipinski definition) is 2. The normalized spacial score (nSPS) is 19.4. The van der Waals surface area contributed by atoms with Crippen LogP contribution in [0.2, 0.25) is 5.02 Å². The number of amides is 1. The molecule has 1 saturated heterocycles. The van der Waals surface area contributed by atoms with Crippen LogP contribution in [0.4, 0.5) is 13.2 Å². The van der Waals surface area contributed by atoms with Gasteiger partial charge in [0, 0.05) is 31.1 Å². The number of aryl methyl sites for hydroxylation is 1. The summed E-state index contributed by atoms with van der Waals surface area (Å²) in [7, 11) is 1.73. The molecule has 1 fully saturated rings. The zero-order chi connectivity index (χ0) is 22.2. The van der Waals surface area contributed by atoms with Crippen molar-refractivity contribution < 1.29 is 22.4 Å². The van der Waals surface area contributed by atoms with E-state index >= 15 is 0 Å². The number of benzene rings is 1. The molecule has 1 aliphatic heterocycles. The molecule has 3 aromatic rings. The second-order valence-corrected chi connectivity index (χ2v) is 7.87. The van der Waals surface area contributed by atoms with Gasteiger partial charge in [-0.2, -0.15) is 18.3 Å². The third kappa shape index (κ3) is 4.47. The highest BCUT2D eigenvalue weighted by atomic mass is 35.5. The van der Waals surface area contributed by atoms with E-state index in [9.17, 15) is 18.0 Å². The van der Waals surface area contributed by atoms with Crippen LogP contribution in [0, 0.1) is 0 Å². The lowest BCUT2D eigenvalue weighted by atomic mass is 9.85. The van der Waals surface area contributed by atoms with E-state index in [0.717, 1.165) is 17.7 Å². The van der Waals surface area contributed by atoms with E-state index in [4.69, 9.17) is 16.0 Å². The van der Waals surface area contributed by atoms with Gasteiger partial charge in [-0.15, -0.1) is 0 Å². The van der Waals surface area contributed by atoms with Gasteiger partial charge < -0.3 is 15.1 Å². The first-order valence-corrected chi connectivity index (χ1v) is 10.1. The Labute approximate surface area is 181 Å². The third-order valence-electron chi connectivity index (χ3n) is 5.46. The van der Waals surface area contributed by atoms with E-state index in [1.165, 1.54) is 24.6 Å². The third-order valence-corrected chi connectivity index (χ3v) is 5.73. The molecule has 0 unspecified atom stereocenters. The molecular weight excluding hydrogens is 433 g/mol. The molecule has 2 aromatic heterocycles. The Kier molecular flexibility index (Phi) is 5.81. The quantitative estimate of drug-likeness (QED) is 0.621. The van der Waals surface area contributed by atoms with Crippen LogP contribution in [0.1, 0.15) is 34.0 Å². The molecule has 31 heavy (non-hydrogen) atoms. The number of carbonyl (C=O) groups excluding carboxylic acids is 1. The van der Waals surface area contributed by atoms with Crippen LogP contribution in [0.25, 0.3) is 11.3 Å². The summed E-state index contributed by atoms with van der Waals surface area (Å²) < 4.78 is 45.6. The zero-order valence-corrected chi connectivity index (χ0v) is 17.3. The molecule has 1 amide bonds. The van der Waals surface area contributed by atoms with Gasteiger partial charge >= 0.3 is 6.18 Å². The maximum absolute atomic E-state index is 12.9. The van der Waals surface area contributed by atoms with Crippen molar-refractivity contribution in [1.82, 2.24) is 20.4 Å². The zero-order valence-electron chi connectivity index (χ0n) is 16.5. The number of piperidine rings is 1. The molecule has 0 spiro atoms. The van der Waals surface area contributed by atoms with Crippen LogP contribution in [-0.2, 0) is 13.2 Å². The Morgan fingerprint density at radius 3 is 2.71 bits per heavy atom. The largest absolute Gasteiger partial charge is 0.458 e. The fourth-order valence-corrected chi connectivity index (χ4v) is 4.16. The Morgan fingerprint density at radius 2 is 2.06 bits per heavy atom. The molecule has 1 aliphatic rings. The Morgan fingerprint density at radius 1 is 1.32 bits per heavy atom. The van der Waals surface area contributed by atoms with Crippen molar-refractivity contribution in [2.45, 2.75) is 24.6 Å². The fraction of sp³-hybridized carbons (Fsp3) is 0.333. The fourth-order valence-electron chi connectivity index (χ4n) is 3.88. The van der Waals surface area contributed by atoms with E-state index in [-0.39, 0.29) is 17.7 Å². The summed E-state index contributed by atoms with van der Waals surface area (Å²) in [6, 6.07) is 6.40. The predicted octanol–water partition coefficient (Wildman–Crippen LogP) is 4.23. The lowest BCUT2D eigenvalue weighted by Crippen LogP contribution is -2.50. The average molecular weight is 453 g/mol. The van der Waals surface area contributed by atoms with Crippen LogP contribution in [-0.4, -0.2) is 34.8 Å². The molecule has 3 heterocycles. The molecule has 0 aliphatic carbocycles. The van der Waals surface area contributed by atoms with Crippen molar-refractivity contribution in [1.29, 1.82) is 0 Å². The molecule has 0 bridgehead atoms. The molecule has 6 nitrogen and oxygen atoms in total. The van der Waals surface area contributed by atoms with E-state index in [1.807, 2.05) is 0 Å². The number of hydrogen-bond acceptors (Lipinski definition) is 4. The van der Waals surface area contributed by atoms with Gasteiger partial charge in [-0.25, -0.2) is 0 Å². The summed E-state index contributed by atoms with van der Waals surface area (Å²) in [6.07, 6.45) is -0.755. The number of rotatable bonds is 4. The molecule has 2 N–H and O–H groups in total. The smallest absolute Gasteiger partial charge is 0.416 e. The van der Waals surface area contributed by atoms with Gasteiger partial charge in [0.2, 0.25) is 0 Å². The van der Waals surface area contributed by atoms with Gasteiger partial charge in [0.1, 0.15) is 6.26 Å². The number of nitrogens with zero attached hydrogens (tertiary/aromatic N) is 2. The average Bonchev–Trinajstić information content (AvgIpc) is 3.34. The van der Waals surface area contributed by atoms with Gasteiger partial charge in [-0.1, -0.05) is 23.7 Å². The molecule has 0 radical (unpaired) electrons. The van der Waals surface area contributed by atoms with E-state index in [1.54, 1.807) is 17.8 Å². The molecule has 2 atom stereocenters. The summed E-state index contributed by atoms with van der Waals surface area (Å²) >= 11 is 6.15. The van der Waals surface area contributed by atoms with Crippen molar-refractivity contribution in [2.75, 3.05) is 13.1 Å². The van der Waals surface area contributed by atoms with Gasteiger partial charge in [0.05, 0.1) is 22.5 Å². The van der Waals surface area contributed by atoms with Gasteiger partial charge in [-0.05, 0) is 36.7 Å². The van der Waals surface area contributed by atoms with Gasteiger partial charge in [0.25, 0.3) is 5.91 Å². The van der Waals surface area contributed by atoms with Crippen LogP contribution in [0.5, 0.6) is 0 Å². The number of alkyl halides is 3. The SMILES string of the molecule is Cn1ncc(Cl)c1-c1coc(C(=O)N[C@H]2CNCC[C@@H]2c2ccc(C(F)(F)F)cc2)c1. The molecule has 1 aromatic carbocycles. The highest BCUT2D eigenvalue weighted by Gasteiger charge is 2.32. The second kappa shape index (κ2) is 8.39. The maximum Gasteiger partial charge on any atom is 0.416 e. The topological polar surface area (TPSA) is 72.1 Å². The number of aromatic nitrogens is 2. The highest BCUT2D eigenvalue weighted by Crippen LogP contribution is 2.33. The van der Waals surface area contributed by atoms with Crippen molar-refractivity contribution >= 4 is 17.5 Å². The minimum Gasteiger partial charge on any atom is -0.458 e. The van der Waals surface area contributed by atoms with Crippen LogP contribution < -0.4 is 10.6 Å². The van der Waals surface area contributed by atoms with Crippen LogP contribution in [0.3, 0.4) is 0 Å². The lowest BCUT2D eigenvalue weighted by Gasteiger charge is -2.33. The summed E-state index contributed by atoms with van der Waals surface area (Å²) in [5, 5.41) is 10.7. The molecule has 4 rings (SSSR count). The Bertz CT molecular complexity index is 1060. The minimum absolute atomic E-state index is 0.115. The number of nitrogens with one attached hydrogen (secondary N) is 2. The lowest BCUT2D eigenvalue weighted by molar-refractivity contribution is -0.137. The maximum atomic E-state index is 12.9. The van der Waals surface area contributed by atoms with Gasteiger partial charge in [0.15, 0.2) is 5.76 Å². The van der Waals surface area contributed by atoms with Crippen LogP contribution in [0.15, 0.2) is 47.2 Å². The first-order valence-electron chi connectivity index (χ1n) is 9.69. The van der Waals surface area contributed by atoms with Crippen molar-refractivity contribution in [3.05, 3.63) is 64.7 Å². The van der Waals surface area contributed by atoms with E-state index in [0.29, 0.717) is 35.8 Å². The summed E-state index contributed by atoms with van der Waals surface area (Å²) in [5.41, 5.74) is 1.31. The molecule has 164 valence electrons. The first-order chi connectivity index (χ1) is 14.7. The monoisotopic (exact) mass is 452 g/mol. The first kappa shape index (κ1) is 21.5. The van der Waals surface area contributed by atoms with E-state index < -0.39 is 17.6 Å². The number of furan rings is 1. The molecule has 0 saturated carbocycles. The Balaban J connectivity index is 1.50. The van der Waals surface area contributed by atoms with Crippen molar-refractivity contribution in [3.8, 4) is 11.3 Å². The second-order valence-electron chi connectivity index (χ2n) is 7.46. The summed E-state index contributed by atoms with van der Waals surface area (Å²) in [6.45, 7) is 1.21. The predicted molar refractivity (Wildman–Crippen MR) is 109 cm³/mol. The van der Waals surface area contributed by atoms with E-state index in [2.05, 4.69) is 15.7 Å². The number of halogens is 4. The van der Waals surface area contributed by atoms with Gasteiger partial charge in [-0.3, -0.25) is 9.48 Å². The summed E-state index contributed by atoms with van der Waals surface area (Å²) in [4.78, 5) is 12.8. The molecular formula is C21H20ClF3N4O2. The van der Waals surface area contributed by atoms with Crippen molar-refractivity contribution in [3.63, 3.8) is 0 Å². The highest BCUT2D eigenvalue weighted by molar-refractivity contribution is 6.33. The summed E-state index contributed by atoms with van der Waals surface area (Å²) in [5.74, 6) is -0.410. The van der Waals surface area contributed by atoms with Crippen molar-refractivity contribution in [2.24, 2.45) is 7.05 Å². The molecule has 10 heteroatoms. The minimum atomic E-state index is -4.38. The van der Waals surface area contributed by atoms with Crippen LogP contribution >= 0.6 is 11.6 Å². The number of carbonyl (C=O) groups is 1. The Hall–Kier alpha value is -2.78.